The molecule has 0 aliphatic heterocycles. The van der Waals surface area contributed by atoms with Crippen molar-refractivity contribution in [3.05, 3.63) is 54.4 Å². The Kier molecular flexibility index (Phi) is 3.32. The van der Waals surface area contributed by atoms with Gasteiger partial charge in [-0.3, -0.25) is 4.98 Å². The third-order valence-electron chi connectivity index (χ3n) is 2.46. The molecule has 0 aliphatic rings. The van der Waals surface area contributed by atoms with Crippen molar-refractivity contribution in [1.29, 1.82) is 0 Å². The molecule has 2 aromatic rings. The summed E-state index contributed by atoms with van der Waals surface area (Å²) in [6.45, 7) is 1.78. The predicted octanol–water partition coefficient (Wildman–Crippen LogP) is 2.67. The molecule has 16 heavy (non-hydrogen) atoms. The van der Waals surface area contributed by atoms with E-state index in [1.807, 2.05) is 30.3 Å². The average molecular weight is 213 g/mol. The Bertz CT molecular complexity index is 451. The maximum atomic E-state index is 9.44. The van der Waals surface area contributed by atoms with E-state index in [2.05, 4.69) is 17.1 Å². The quantitative estimate of drug-likeness (QED) is 0.850. The van der Waals surface area contributed by atoms with Gasteiger partial charge in [0, 0.05) is 18.2 Å². The summed E-state index contributed by atoms with van der Waals surface area (Å²) in [6.07, 6.45) is 1.99. The monoisotopic (exact) mass is 213 g/mol. The molecular weight excluding hydrogens is 198 g/mol. The number of aliphatic hydroxyl groups is 1. The van der Waals surface area contributed by atoms with Gasteiger partial charge in [-0.1, -0.05) is 36.4 Å². The van der Waals surface area contributed by atoms with Crippen LogP contribution in [-0.2, 0) is 6.42 Å². The normalized spacial score (nSPS) is 12.4. The zero-order valence-corrected chi connectivity index (χ0v) is 9.30. The van der Waals surface area contributed by atoms with Crippen LogP contribution < -0.4 is 0 Å². The van der Waals surface area contributed by atoms with Gasteiger partial charge in [0.25, 0.3) is 0 Å². The minimum atomic E-state index is -0.364. The smallest absolute Gasteiger partial charge is 0.0567 e. The van der Waals surface area contributed by atoms with E-state index in [1.54, 1.807) is 13.1 Å². The maximum absolute atomic E-state index is 9.44. The Morgan fingerprint density at radius 2 is 1.88 bits per heavy atom. The first-order chi connectivity index (χ1) is 7.77. The SMILES string of the molecule is CC(O)Cc1ncccc1-c1ccccc1. The zero-order valence-electron chi connectivity index (χ0n) is 9.30. The topological polar surface area (TPSA) is 33.1 Å². The Labute approximate surface area is 95.6 Å². The average Bonchev–Trinajstić information content (AvgIpc) is 2.30. The molecule has 2 heteroatoms. The first-order valence-electron chi connectivity index (χ1n) is 5.45. The second-order valence-electron chi connectivity index (χ2n) is 3.92. The fraction of sp³-hybridized carbons (Fsp3) is 0.214. The molecule has 1 atom stereocenters. The van der Waals surface area contributed by atoms with Gasteiger partial charge in [-0.15, -0.1) is 0 Å². The molecule has 0 fully saturated rings. The number of pyridine rings is 1. The number of aromatic nitrogens is 1. The lowest BCUT2D eigenvalue weighted by Crippen LogP contribution is -2.07. The summed E-state index contributed by atoms with van der Waals surface area (Å²) in [5.41, 5.74) is 3.19. The van der Waals surface area contributed by atoms with Crippen LogP contribution in [0.4, 0.5) is 0 Å². The third-order valence-corrected chi connectivity index (χ3v) is 2.46. The van der Waals surface area contributed by atoms with Crippen molar-refractivity contribution in [2.45, 2.75) is 19.4 Å². The van der Waals surface area contributed by atoms with Crippen LogP contribution in [0.15, 0.2) is 48.7 Å². The molecule has 0 radical (unpaired) electrons. The molecule has 1 aromatic heterocycles. The lowest BCUT2D eigenvalue weighted by atomic mass is 10.0. The van der Waals surface area contributed by atoms with Crippen LogP contribution in [-0.4, -0.2) is 16.2 Å². The van der Waals surface area contributed by atoms with Crippen LogP contribution in [0.5, 0.6) is 0 Å². The lowest BCUT2D eigenvalue weighted by Gasteiger charge is -2.09. The number of rotatable bonds is 3. The van der Waals surface area contributed by atoms with Gasteiger partial charge in [0.1, 0.15) is 0 Å². The van der Waals surface area contributed by atoms with Gasteiger partial charge in [-0.2, -0.15) is 0 Å². The van der Waals surface area contributed by atoms with Crippen LogP contribution in [0.2, 0.25) is 0 Å². The number of benzene rings is 1. The lowest BCUT2D eigenvalue weighted by molar-refractivity contribution is 0.194. The second-order valence-corrected chi connectivity index (χ2v) is 3.92. The minimum absolute atomic E-state index is 0.364. The van der Waals surface area contributed by atoms with Gasteiger partial charge in [-0.05, 0) is 18.6 Å². The first-order valence-corrected chi connectivity index (χ1v) is 5.45. The molecule has 2 rings (SSSR count). The molecule has 1 aromatic carbocycles. The summed E-state index contributed by atoms with van der Waals surface area (Å²) < 4.78 is 0. The van der Waals surface area contributed by atoms with E-state index in [1.165, 1.54) is 0 Å². The molecule has 82 valence electrons. The van der Waals surface area contributed by atoms with Crippen molar-refractivity contribution in [3.63, 3.8) is 0 Å². The van der Waals surface area contributed by atoms with Crippen molar-refractivity contribution in [1.82, 2.24) is 4.98 Å². The van der Waals surface area contributed by atoms with E-state index >= 15 is 0 Å². The predicted molar refractivity (Wildman–Crippen MR) is 65.1 cm³/mol. The van der Waals surface area contributed by atoms with Crippen LogP contribution in [0.25, 0.3) is 11.1 Å². The van der Waals surface area contributed by atoms with Crippen LogP contribution >= 0.6 is 0 Å². The fourth-order valence-corrected chi connectivity index (χ4v) is 1.76. The largest absolute Gasteiger partial charge is 0.393 e. The Morgan fingerprint density at radius 1 is 1.12 bits per heavy atom. The van der Waals surface area contributed by atoms with E-state index < -0.39 is 0 Å². The first kappa shape index (κ1) is 10.8. The zero-order chi connectivity index (χ0) is 11.4. The highest BCUT2D eigenvalue weighted by Crippen LogP contribution is 2.22. The number of aliphatic hydroxyl groups excluding tert-OH is 1. The molecule has 1 heterocycles. The van der Waals surface area contributed by atoms with Gasteiger partial charge in [0.2, 0.25) is 0 Å². The van der Waals surface area contributed by atoms with E-state index in [0.717, 1.165) is 16.8 Å². The van der Waals surface area contributed by atoms with Crippen molar-refractivity contribution in [3.8, 4) is 11.1 Å². The molecule has 0 saturated heterocycles. The third kappa shape index (κ3) is 2.47. The summed E-state index contributed by atoms with van der Waals surface area (Å²) in [5.74, 6) is 0. The highest BCUT2D eigenvalue weighted by atomic mass is 16.3. The molecule has 0 saturated carbocycles. The number of nitrogens with zero attached hydrogens (tertiary/aromatic N) is 1. The molecule has 2 nitrogen and oxygen atoms in total. The van der Waals surface area contributed by atoms with E-state index in [-0.39, 0.29) is 6.10 Å². The van der Waals surface area contributed by atoms with E-state index in [0.29, 0.717) is 6.42 Å². The van der Waals surface area contributed by atoms with Gasteiger partial charge < -0.3 is 5.11 Å². The van der Waals surface area contributed by atoms with Crippen molar-refractivity contribution >= 4 is 0 Å². The van der Waals surface area contributed by atoms with Crippen molar-refractivity contribution in [2.24, 2.45) is 0 Å². The maximum Gasteiger partial charge on any atom is 0.0567 e. The Balaban J connectivity index is 2.41. The summed E-state index contributed by atoms with van der Waals surface area (Å²) in [6, 6.07) is 14.1. The second kappa shape index (κ2) is 4.90. The van der Waals surface area contributed by atoms with Crippen molar-refractivity contribution < 1.29 is 5.11 Å². The van der Waals surface area contributed by atoms with Crippen LogP contribution in [0, 0.1) is 0 Å². The molecule has 1 unspecified atom stereocenters. The van der Waals surface area contributed by atoms with Gasteiger partial charge in [0.15, 0.2) is 0 Å². The Morgan fingerprint density at radius 3 is 2.56 bits per heavy atom. The highest BCUT2D eigenvalue weighted by molar-refractivity contribution is 5.65. The summed E-state index contributed by atoms with van der Waals surface area (Å²) in [4.78, 5) is 4.34. The molecule has 0 aliphatic carbocycles. The summed E-state index contributed by atoms with van der Waals surface area (Å²) in [7, 11) is 0. The molecule has 0 bridgehead atoms. The van der Waals surface area contributed by atoms with Gasteiger partial charge in [0.05, 0.1) is 11.8 Å². The van der Waals surface area contributed by atoms with E-state index in [4.69, 9.17) is 0 Å². The number of hydrogen-bond acceptors (Lipinski definition) is 2. The fourth-order valence-electron chi connectivity index (χ4n) is 1.76. The standard InChI is InChI=1S/C14H15NO/c1-11(16)10-14-13(8-5-9-15-14)12-6-3-2-4-7-12/h2-9,11,16H,10H2,1H3. The van der Waals surface area contributed by atoms with Crippen molar-refractivity contribution in [2.75, 3.05) is 0 Å². The molecule has 1 N–H and O–H groups in total. The highest BCUT2D eigenvalue weighted by Gasteiger charge is 2.07. The summed E-state index contributed by atoms with van der Waals surface area (Å²) in [5, 5.41) is 9.44. The molecular formula is C14H15NO. The van der Waals surface area contributed by atoms with Gasteiger partial charge in [-0.25, -0.2) is 0 Å². The molecule has 0 spiro atoms. The van der Waals surface area contributed by atoms with Crippen LogP contribution in [0.1, 0.15) is 12.6 Å². The van der Waals surface area contributed by atoms with Gasteiger partial charge >= 0.3 is 0 Å². The Hall–Kier alpha value is -1.67. The summed E-state index contributed by atoms with van der Waals surface area (Å²) >= 11 is 0. The molecule has 0 amide bonds. The number of hydrogen-bond donors (Lipinski definition) is 1. The minimum Gasteiger partial charge on any atom is -0.393 e. The van der Waals surface area contributed by atoms with E-state index in [9.17, 15) is 5.11 Å². The van der Waals surface area contributed by atoms with Crippen LogP contribution in [0.3, 0.4) is 0 Å².